The molecule has 0 bridgehead atoms. The zero-order chi connectivity index (χ0) is 16.2. The fourth-order valence-electron chi connectivity index (χ4n) is 1.93. The van der Waals surface area contributed by atoms with E-state index in [-0.39, 0.29) is 28.9 Å². The topological polar surface area (TPSA) is 81.9 Å². The van der Waals surface area contributed by atoms with Crippen LogP contribution < -0.4 is 15.2 Å². The van der Waals surface area contributed by atoms with Crippen molar-refractivity contribution in [3.63, 3.8) is 0 Å². The minimum absolute atomic E-state index is 0.0128. The van der Waals surface area contributed by atoms with Crippen molar-refractivity contribution >= 4 is 15.7 Å². The number of nitrogen functional groups attached to an aromatic ring is 1. The number of rotatable bonds is 7. The summed E-state index contributed by atoms with van der Waals surface area (Å²) in [7, 11) is -0.895. The molecule has 1 aromatic rings. The lowest BCUT2D eigenvalue weighted by molar-refractivity contribution is 0.368. The van der Waals surface area contributed by atoms with Crippen molar-refractivity contribution in [2.45, 2.75) is 24.8 Å². The first kappa shape index (κ1) is 17.3. The van der Waals surface area contributed by atoms with Crippen molar-refractivity contribution in [1.29, 1.82) is 0 Å². The Morgan fingerprint density at radius 1 is 1.29 bits per heavy atom. The molecular formula is C14H22N2O4S. The summed E-state index contributed by atoms with van der Waals surface area (Å²) in [5, 5.41) is 0. The van der Waals surface area contributed by atoms with E-state index in [0.29, 0.717) is 5.75 Å². The van der Waals surface area contributed by atoms with Gasteiger partial charge in [-0.1, -0.05) is 6.08 Å². The van der Waals surface area contributed by atoms with Gasteiger partial charge in [-0.25, -0.2) is 8.42 Å². The highest BCUT2D eigenvalue weighted by Gasteiger charge is 2.30. The van der Waals surface area contributed by atoms with Gasteiger partial charge >= 0.3 is 0 Å². The predicted octanol–water partition coefficient (Wildman–Crippen LogP) is 1.87. The molecule has 0 heterocycles. The molecule has 0 aromatic heterocycles. The second-order valence-corrected chi connectivity index (χ2v) is 6.56. The normalized spacial score (nSPS) is 11.7. The number of anilines is 1. The van der Waals surface area contributed by atoms with Crippen LogP contribution in [0, 0.1) is 0 Å². The van der Waals surface area contributed by atoms with Gasteiger partial charge in [0.2, 0.25) is 10.0 Å². The Balaban J connectivity index is 3.49. The highest BCUT2D eigenvalue weighted by Crippen LogP contribution is 2.35. The third kappa shape index (κ3) is 3.48. The van der Waals surface area contributed by atoms with Crippen LogP contribution in [-0.4, -0.2) is 39.5 Å². The molecule has 21 heavy (non-hydrogen) atoms. The zero-order valence-electron chi connectivity index (χ0n) is 12.8. The third-order valence-electron chi connectivity index (χ3n) is 2.99. The molecule has 0 unspecified atom stereocenters. The van der Waals surface area contributed by atoms with Gasteiger partial charge in [-0.05, 0) is 19.9 Å². The quantitative estimate of drug-likeness (QED) is 0.614. The summed E-state index contributed by atoms with van der Waals surface area (Å²) < 4.78 is 37.2. The second-order valence-electron chi connectivity index (χ2n) is 4.70. The maximum absolute atomic E-state index is 12.8. The Bertz CT molecular complexity index is 612. The monoisotopic (exact) mass is 314 g/mol. The largest absolute Gasteiger partial charge is 0.495 e. The summed E-state index contributed by atoms with van der Waals surface area (Å²) >= 11 is 0. The molecule has 0 atom stereocenters. The molecule has 118 valence electrons. The standard InChI is InChI=1S/C14H22N2O4S/c1-6-7-16(10(2)3)21(17,18)14-8-11(15)12(19-4)9-13(14)20-5/h6,8-10H,1,7,15H2,2-5H3. The van der Waals surface area contributed by atoms with Crippen LogP contribution in [0.25, 0.3) is 0 Å². The van der Waals surface area contributed by atoms with E-state index in [4.69, 9.17) is 15.2 Å². The Kier molecular flexibility index (Phi) is 5.62. The first-order chi connectivity index (χ1) is 9.79. The predicted molar refractivity (Wildman–Crippen MR) is 83.2 cm³/mol. The maximum Gasteiger partial charge on any atom is 0.247 e. The average Bonchev–Trinajstić information content (AvgIpc) is 2.43. The molecule has 7 heteroatoms. The van der Waals surface area contributed by atoms with Gasteiger partial charge in [0.25, 0.3) is 0 Å². The molecule has 0 spiro atoms. The van der Waals surface area contributed by atoms with E-state index in [1.807, 2.05) is 0 Å². The van der Waals surface area contributed by atoms with Crippen LogP contribution in [-0.2, 0) is 10.0 Å². The van der Waals surface area contributed by atoms with Gasteiger partial charge in [0.05, 0.1) is 19.9 Å². The Morgan fingerprint density at radius 3 is 2.29 bits per heavy atom. The smallest absolute Gasteiger partial charge is 0.247 e. The lowest BCUT2D eigenvalue weighted by Gasteiger charge is -2.25. The summed E-state index contributed by atoms with van der Waals surface area (Å²) in [5.74, 6) is 0.557. The summed E-state index contributed by atoms with van der Waals surface area (Å²) in [6, 6.07) is 2.60. The maximum atomic E-state index is 12.8. The molecule has 0 amide bonds. The Morgan fingerprint density at radius 2 is 1.86 bits per heavy atom. The molecule has 0 aliphatic rings. The van der Waals surface area contributed by atoms with Gasteiger partial charge in [-0.15, -0.1) is 6.58 Å². The average molecular weight is 314 g/mol. The van der Waals surface area contributed by atoms with Crippen molar-refractivity contribution in [3.05, 3.63) is 24.8 Å². The summed E-state index contributed by atoms with van der Waals surface area (Å²) in [4.78, 5) is 0.0128. The highest BCUT2D eigenvalue weighted by molar-refractivity contribution is 7.89. The van der Waals surface area contributed by atoms with E-state index in [1.165, 1.54) is 36.7 Å². The first-order valence-corrected chi connectivity index (χ1v) is 7.87. The van der Waals surface area contributed by atoms with Crippen LogP contribution in [0.4, 0.5) is 5.69 Å². The van der Waals surface area contributed by atoms with Crippen LogP contribution in [0.3, 0.4) is 0 Å². The van der Waals surface area contributed by atoms with Crippen LogP contribution in [0.15, 0.2) is 29.7 Å². The molecule has 6 nitrogen and oxygen atoms in total. The van der Waals surface area contributed by atoms with E-state index >= 15 is 0 Å². The minimum atomic E-state index is -3.75. The minimum Gasteiger partial charge on any atom is -0.495 e. The van der Waals surface area contributed by atoms with Gasteiger partial charge in [-0.3, -0.25) is 0 Å². The molecule has 0 saturated carbocycles. The van der Waals surface area contributed by atoms with E-state index < -0.39 is 10.0 Å². The van der Waals surface area contributed by atoms with Crippen molar-refractivity contribution in [2.24, 2.45) is 0 Å². The molecule has 0 fully saturated rings. The van der Waals surface area contributed by atoms with E-state index in [1.54, 1.807) is 13.8 Å². The van der Waals surface area contributed by atoms with Gasteiger partial charge in [-0.2, -0.15) is 4.31 Å². The Labute approximate surface area is 126 Å². The van der Waals surface area contributed by atoms with Crippen molar-refractivity contribution < 1.29 is 17.9 Å². The summed E-state index contributed by atoms with van der Waals surface area (Å²) in [5.41, 5.74) is 6.05. The van der Waals surface area contributed by atoms with Crippen LogP contribution >= 0.6 is 0 Å². The van der Waals surface area contributed by atoms with Gasteiger partial charge in [0.15, 0.2) is 0 Å². The van der Waals surface area contributed by atoms with E-state index in [9.17, 15) is 8.42 Å². The van der Waals surface area contributed by atoms with Crippen molar-refractivity contribution in [3.8, 4) is 11.5 Å². The number of methoxy groups -OCH3 is 2. The lowest BCUT2D eigenvalue weighted by Crippen LogP contribution is -2.37. The fourth-order valence-corrected chi connectivity index (χ4v) is 3.72. The molecule has 1 rings (SSSR count). The van der Waals surface area contributed by atoms with Gasteiger partial charge in [0.1, 0.15) is 16.4 Å². The third-order valence-corrected chi connectivity index (χ3v) is 5.05. The molecule has 0 aliphatic carbocycles. The molecule has 1 aromatic carbocycles. The molecule has 0 radical (unpaired) electrons. The summed E-state index contributed by atoms with van der Waals surface area (Å²) in [6.07, 6.45) is 1.54. The van der Waals surface area contributed by atoms with Crippen molar-refractivity contribution in [2.75, 3.05) is 26.5 Å². The second kappa shape index (κ2) is 6.82. The van der Waals surface area contributed by atoms with Crippen LogP contribution in [0.1, 0.15) is 13.8 Å². The van der Waals surface area contributed by atoms with Gasteiger partial charge < -0.3 is 15.2 Å². The number of hydrogen-bond acceptors (Lipinski definition) is 5. The number of nitrogens with zero attached hydrogens (tertiary/aromatic N) is 1. The molecular weight excluding hydrogens is 292 g/mol. The SMILES string of the molecule is C=CCN(C(C)C)S(=O)(=O)c1cc(N)c(OC)cc1OC. The molecule has 0 saturated heterocycles. The lowest BCUT2D eigenvalue weighted by atomic mass is 10.3. The van der Waals surface area contributed by atoms with E-state index in [0.717, 1.165) is 0 Å². The molecule has 2 N–H and O–H groups in total. The van der Waals surface area contributed by atoms with Crippen LogP contribution in [0.2, 0.25) is 0 Å². The van der Waals surface area contributed by atoms with Crippen molar-refractivity contribution in [1.82, 2.24) is 4.31 Å². The number of hydrogen-bond donors (Lipinski definition) is 1. The van der Waals surface area contributed by atoms with Crippen LogP contribution in [0.5, 0.6) is 11.5 Å². The fraction of sp³-hybridized carbons (Fsp3) is 0.429. The molecule has 0 aliphatic heterocycles. The number of sulfonamides is 1. The first-order valence-electron chi connectivity index (χ1n) is 6.43. The number of benzene rings is 1. The Hall–Kier alpha value is -1.73. The number of nitrogens with two attached hydrogens (primary N) is 1. The zero-order valence-corrected chi connectivity index (χ0v) is 13.6. The summed E-state index contributed by atoms with van der Waals surface area (Å²) in [6.45, 7) is 7.38. The number of ether oxygens (including phenoxy) is 2. The van der Waals surface area contributed by atoms with E-state index in [2.05, 4.69) is 6.58 Å². The highest BCUT2D eigenvalue weighted by atomic mass is 32.2. The van der Waals surface area contributed by atoms with Gasteiger partial charge in [0, 0.05) is 18.7 Å².